The van der Waals surface area contributed by atoms with Crippen molar-refractivity contribution < 1.29 is 0 Å². The maximum atomic E-state index is 12.1. The van der Waals surface area contributed by atoms with Crippen molar-refractivity contribution in [2.75, 3.05) is 0 Å². The van der Waals surface area contributed by atoms with Gasteiger partial charge in [-0.3, -0.25) is 4.79 Å². The molecular formula is C14H11NOS2. The third kappa shape index (κ3) is 2.21. The first-order valence-corrected chi connectivity index (χ1v) is 7.34. The molecule has 0 radical (unpaired) electrons. The molecule has 0 saturated carbocycles. The van der Waals surface area contributed by atoms with E-state index in [0.29, 0.717) is 0 Å². The lowest BCUT2D eigenvalue weighted by atomic mass is 10.2. The molecule has 90 valence electrons. The first-order chi connectivity index (χ1) is 8.84. The predicted octanol–water partition coefficient (Wildman–Crippen LogP) is 3.76. The Morgan fingerprint density at radius 1 is 1.00 bits per heavy atom. The highest BCUT2D eigenvalue weighted by molar-refractivity contribution is 7.98. The Bertz CT molecular complexity index is 715. The van der Waals surface area contributed by atoms with Gasteiger partial charge in [-0.2, -0.15) is 0 Å². The van der Waals surface area contributed by atoms with Crippen molar-refractivity contribution in [2.24, 2.45) is 0 Å². The van der Waals surface area contributed by atoms with Gasteiger partial charge in [-0.05, 0) is 41.2 Å². The Kier molecular flexibility index (Phi) is 3.21. The molecule has 3 rings (SSSR count). The summed E-state index contributed by atoms with van der Waals surface area (Å²) in [5.41, 5.74) is 1.32. The average Bonchev–Trinajstić information content (AvgIpc) is 2.75. The second kappa shape index (κ2) is 5.00. The summed E-state index contributed by atoms with van der Waals surface area (Å²) in [6.45, 7) is 0. The molecule has 1 heterocycles. The van der Waals surface area contributed by atoms with Crippen molar-refractivity contribution >= 4 is 33.6 Å². The topological polar surface area (TPSA) is 22.0 Å². The van der Waals surface area contributed by atoms with Crippen LogP contribution >= 0.6 is 23.5 Å². The summed E-state index contributed by atoms with van der Waals surface area (Å²) in [6, 6.07) is 17.9. The van der Waals surface area contributed by atoms with Crippen LogP contribution in [0.15, 0.2) is 59.4 Å². The van der Waals surface area contributed by atoms with E-state index >= 15 is 0 Å². The Morgan fingerprint density at radius 3 is 2.50 bits per heavy atom. The summed E-state index contributed by atoms with van der Waals surface area (Å²) in [7, 11) is 0. The van der Waals surface area contributed by atoms with Gasteiger partial charge in [0.2, 0.25) is 0 Å². The molecule has 2 aromatic carbocycles. The van der Waals surface area contributed by atoms with Crippen LogP contribution < -0.4 is 5.56 Å². The number of hydrogen-bond acceptors (Lipinski definition) is 3. The monoisotopic (exact) mass is 273 g/mol. The molecule has 0 unspecified atom stereocenters. The first-order valence-electron chi connectivity index (χ1n) is 5.63. The number of benzene rings is 2. The highest BCUT2D eigenvalue weighted by atomic mass is 32.2. The van der Waals surface area contributed by atoms with E-state index in [4.69, 9.17) is 0 Å². The van der Waals surface area contributed by atoms with Gasteiger partial charge in [0.1, 0.15) is 0 Å². The van der Waals surface area contributed by atoms with Crippen LogP contribution in [0.2, 0.25) is 0 Å². The van der Waals surface area contributed by atoms with Gasteiger partial charge in [-0.15, -0.1) is 0 Å². The minimum Gasteiger partial charge on any atom is -0.267 e. The van der Waals surface area contributed by atoms with E-state index in [1.165, 1.54) is 17.1 Å². The van der Waals surface area contributed by atoms with Crippen molar-refractivity contribution in [1.82, 2.24) is 3.36 Å². The quantitative estimate of drug-likeness (QED) is 0.725. The molecule has 0 aliphatic heterocycles. The summed E-state index contributed by atoms with van der Waals surface area (Å²) in [5, 5.41) is 0.808. The lowest BCUT2D eigenvalue weighted by Gasteiger charge is -1.99. The van der Waals surface area contributed by atoms with Gasteiger partial charge < -0.3 is 0 Å². The fraction of sp³-hybridized carbons (Fsp3) is 0.0714. The van der Waals surface area contributed by atoms with E-state index in [-0.39, 0.29) is 5.56 Å². The predicted molar refractivity (Wildman–Crippen MR) is 79.2 cm³/mol. The molecule has 0 fully saturated rings. The van der Waals surface area contributed by atoms with Crippen molar-refractivity contribution in [3.8, 4) is 0 Å². The molecule has 1 aromatic heterocycles. The Balaban J connectivity index is 1.87. The smallest absolute Gasteiger partial charge is 0.267 e. The van der Waals surface area contributed by atoms with Gasteiger partial charge in [0.25, 0.3) is 5.56 Å². The number of rotatable bonds is 3. The standard InChI is InChI=1S/C14H11NOS2/c16-14-12-8-4-5-9-13(12)18-15(14)17-10-11-6-2-1-3-7-11/h1-9H,10H2. The fourth-order valence-corrected chi connectivity index (χ4v) is 3.78. The summed E-state index contributed by atoms with van der Waals surface area (Å²) in [5.74, 6) is 0.813. The summed E-state index contributed by atoms with van der Waals surface area (Å²) in [6.07, 6.45) is 0. The van der Waals surface area contributed by atoms with Crippen LogP contribution in [0.4, 0.5) is 0 Å². The van der Waals surface area contributed by atoms with E-state index < -0.39 is 0 Å². The molecule has 0 amide bonds. The highest BCUT2D eigenvalue weighted by Crippen LogP contribution is 2.22. The highest BCUT2D eigenvalue weighted by Gasteiger charge is 2.06. The molecule has 0 atom stereocenters. The minimum absolute atomic E-state index is 0.0940. The van der Waals surface area contributed by atoms with Crippen LogP contribution in [0.1, 0.15) is 5.56 Å². The number of hydrogen-bond donors (Lipinski definition) is 0. The zero-order chi connectivity index (χ0) is 12.4. The first kappa shape index (κ1) is 11.6. The molecule has 0 bridgehead atoms. The fourth-order valence-electron chi connectivity index (χ4n) is 1.74. The van der Waals surface area contributed by atoms with Crippen molar-refractivity contribution in [3.63, 3.8) is 0 Å². The van der Waals surface area contributed by atoms with Crippen LogP contribution in [0.5, 0.6) is 0 Å². The van der Waals surface area contributed by atoms with E-state index in [2.05, 4.69) is 12.1 Å². The van der Waals surface area contributed by atoms with Crippen LogP contribution in [-0.2, 0) is 5.75 Å². The second-order valence-corrected chi connectivity index (χ2v) is 6.04. The molecule has 0 N–H and O–H groups in total. The Hall–Kier alpha value is -1.52. The average molecular weight is 273 g/mol. The van der Waals surface area contributed by atoms with Gasteiger partial charge in [0.05, 0.1) is 10.1 Å². The SMILES string of the molecule is O=c1c2ccccc2sn1SCc1ccccc1. The normalized spacial score (nSPS) is 10.9. The zero-order valence-corrected chi connectivity index (χ0v) is 11.2. The van der Waals surface area contributed by atoms with E-state index in [0.717, 1.165) is 15.8 Å². The second-order valence-electron chi connectivity index (χ2n) is 3.91. The molecule has 18 heavy (non-hydrogen) atoms. The maximum Gasteiger partial charge on any atom is 0.278 e. The van der Waals surface area contributed by atoms with Gasteiger partial charge >= 0.3 is 0 Å². The van der Waals surface area contributed by atoms with Crippen LogP contribution in [0.3, 0.4) is 0 Å². The van der Waals surface area contributed by atoms with E-state index in [1.807, 2.05) is 42.5 Å². The number of aromatic nitrogens is 1. The Labute approximate surface area is 113 Å². The minimum atomic E-state index is 0.0940. The summed E-state index contributed by atoms with van der Waals surface area (Å²) >= 11 is 3.06. The third-order valence-corrected chi connectivity index (χ3v) is 4.94. The molecule has 0 spiro atoms. The number of fused-ring (bicyclic) bond motifs is 1. The largest absolute Gasteiger partial charge is 0.278 e. The molecule has 0 aliphatic carbocycles. The van der Waals surface area contributed by atoms with Crippen LogP contribution in [0.25, 0.3) is 10.1 Å². The van der Waals surface area contributed by atoms with Gasteiger partial charge in [0, 0.05) is 5.75 Å². The summed E-state index contributed by atoms with van der Waals surface area (Å²) in [4.78, 5) is 12.1. The van der Waals surface area contributed by atoms with Gasteiger partial charge in [-0.25, -0.2) is 3.36 Å². The molecule has 4 heteroatoms. The third-order valence-electron chi connectivity index (χ3n) is 2.66. The lowest BCUT2D eigenvalue weighted by Crippen LogP contribution is -2.06. The molecule has 0 saturated heterocycles. The van der Waals surface area contributed by atoms with E-state index in [9.17, 15) is 4.79 Å². The van der Waals surface area contributed by atoms with Crippen LogP contribution in [0, 0.1) is 0 Å². The molecule has 0 aliphatic rings. The molecule has 3 aromatic rings. The zero-order valence-electron chi connectivity index (χ0n) is 9.58. The molecular weight excluding hydrogens is 262 g/mol. The lowest BCUT2D eigenvalue weighted by molar-refractivity contribution is 1.31. The van der Waals surface area contributed by atoms with E-state index in [1.54, 1.807) is 15.3 Å². The Morgan fingerprint density at radius 2 is 1.72 bits per heavy atom. The van der Waals surface area contributed by atoms with Gasteiger partial charge in [0.15, 0.2) is 0 Å². The number of nitrogens with zero attached hydrogens (tertiary/aromatic N) is 1. The van der Waals surface area contributed by atoms with Gasteiger partial charge in [-0.1, -0.05) is 42.5 Å². The molecule has 2 nitrogen and oxygen atoms in total. The maximum absolute atomic E-state index is 12.1. The van der Waals surface area contributed by atoms with Crippen molar-refractivity contribution in [1.29, 1.82) is 0 Å². The van der Waals surface area contributed by atoms with Crippen molar-refractivity contribution in [2.45, 2.75) is 5.75 Å². The summed E-state index contributed by atoms with van der Waals surface area (Å²) < 4.78 is 2.81. The van der Waals surface area contributed by atoms with Crippen molar-refractivity contribution in [3.05, 3.63) is 70.5 Å². The van der Waals surface area contributed by atoms with Crippen LogP contribution in [-0.4, -0.2) is 3.36 Å².